The number of carbonyl (C=O) groups excluding carboxylic acids is 1. The van der Waals surface area contributed by atoms with Crippen LogP contribution in [0.15, 0.2) is 71.1 Å². The maximum Gasteiger partial charge on any atom is 0.341 e. The third kappa shape index (κ3) is 5.63. The third-order valence-corrected chi connectivity index (χ3v) is 6.98. The summed E-state index contributed by atoms with van der Waals surface area (Å²) in [6, 6.07) is 18.4. The minimum absolute atomic E-state index is 0. The molecule has 166 valence electrons. The Morgan fingerprint density at radius 2 is 1.97 bits per heavy atom. The number of halogens is 1. The number of fused-ring (bicyclic) bond motifs is 1. The first-order chi connectivity index (χ1) is 15.2. The van der Waals surface area contributed by atoms with Gasteiger partial charge in [-0.15, -0.1) is 23.1 Å². The lowest BCUT2D eigenvalue weighted by molar-refractivity contribution is 0.0528. The molecule has 0 aliphatic carbocycles. The molecule has 0 unspecified atom stereocenters. The van der Waals surface area contributed by atoms with Crippen molar-refractivity contribution in [2.45, 2.75) is 31.6 Å². The predicted molar refractivity (Wildman–Crippen MR) is 134 cm³/mol. The second kappa shape index (κ2) is 11.4. The fourth-order valence-electron chi connectivity index (χ4n) is 3.08. The maximum atomic E-state index is 12.2. The summed E-state index contributed by atoms with van der Waals surface area (Å²) in [6.45, 7) is 2.42. The standard InChI is InChI=1S/C24H20ClNO3S2.CH4/c1-2-28-24(27)20-12-26-23(25)21-17(15-31-22(20)21)13-29-18-9-6-10-19(11-18)30-14-16-7-4-3-5-8-16;/h3-12,15H,2,13-14H2,1H3;1H4. The zero-order valence-corrected chi connectivity index (χ0v) is 19.2. The van der Waals surface area contributed by atoms with E-state index in [9.17, 15) is 4.79 Å². The topological polar surface area (TPSA) is 48.4 Å². The Balaban J connectivity index is 0.00000289. The fraction of sp³-hybridized carbons (Fsp3) is 0.200. The van der Waals surface area contributed by atoms with E-state index in [1.54, 1.807) is 18.7 Å². The molecule has 0 aliphatic heterocycles. The molecule has 2 heterocycles. The van der Waals surface area contributed by atoms with Crippen LogP contribution in [-0.2, 0) is 17.1 Å². The molecule has 4 nitrogen and oxygen atoms in total. The van der Waals surface area contributed by atoms with Crippen LogP contribution >= 0.6 is 34.7 Å². The fourth-order valence-corrected chi connectivity index (χ4v) is 5.35. The van der Waals surface area contributed by atoms with Gasteiger partial charge in [0.1, 0.15) is 17.5 Å². The number of ether oxygens (including phenoxy) is 2. The molecule has 0 N–H and O–H groups in total. The molecule has 0 fully saturated rings. The van der Waals surface area contributed by atoms with Crippen molar-refractivity contribution in [3.05, 3.63) is 88.0 Å². The van der Waals surface area contributed by atoms with Crippen molar-refractivity contribution >= 4 is 50.8 Å². The van der Waals surface area contributed by atoms with E-state index in [1.807, 2.05) is 41.8 Å². The number of nitrogens with zero attached hydrogens (tertiary/aromatic N) is 1. The van der Waals surface area contributed by atoms with E-state index in [0.29, 0.717) is 23.9 Å². The van der Waals surface area contributed by atoms with Crippen molar-refractivity contribution in [3.63, 3.8) is 0 Å². The Bertz CT molecular complexity index is 1190. The first kappa shape index (κ1) is 24.1. The molecule has 0 radical (unpaired) electrons. The van der Waals surface area contributed by atoms with Gasteiger partial charge in [-0.05, 0) is 36.1 Å². The average Bonchev–Trinajstić information content (AvgIpc) is 3.23. The molecule has 0 spiro atoms. The van der Waals surface area contributed by atoms with Gasteiger partial charge in [0.25, 0.3) is 0 Å². The highest BCUT2D eigenvalue weighted by atomic mass is 35.5. The van der Waals surface area contributed by atoms with Crippen LogP contribution in [0.1, 0.15) is 35.8 Å². The van der Waals surface area contributed by atoms with Crippen molar-refractivity contribution in [1.29, 1.82) is 0 Å². The minimum Gasteiger partial charge on any atom is -0.489 e. The first-order valence-corrected chi connectivity index (χ1v) is 12.0. The SMILES string of the molecule is C.CCOC(=O)c1cnc(Cl)c2c(COc3cccc(SCc4ccccc4)c3)csc12. The van der Waals surface area contributed by atoms with E-state index in [4.69, 9.17) is 21.1 Å². The van der Waals surface area contributed by atoms with Gasteiger partial charge in [0.15, 0.2) is 0 Å². The lowest BCUT2D eigenvalue weighted by Crippen LogP contribution is -2.05. The number of hydrogen-bond acceptors (Lipinski definition) is 6. The number of thioether (sulfide) groups is 1. The molecular weight excluding hydrogens is 462 g/mol. The van der Waals surface area contributed by atoms with Crippen molar-refractivity contribution < 1.29 is 14.3 Å². The first-order valence-electron chi connectivity index (χ1n) is 9.77. The van der Waals surface area contributed by atoms with E-state index in [1.165, 1.54) is 23.1 Å². The predicted octanol–water partition coefficient (Wildman–Crippen LogP) is 7.63. The van der Waals surface area contributed by atoms with Crippen LogP contribution in [0, 0.1) is 0 Å². The highest BCUT2D eigenvalue weighted by Gasteiger charge is 2.18. The van der Waals surface area contributed by atoms with E-state index < -0.39 is 5.97 Å². The summed E-state index contributed by atoms with van der Waals surface area (Å²) in [5, 5.41) is 3.05. The quantitative estimate of drug-likeness (QED) is 0.146. The van der Waals surface area contributed by atoms with Gasteiger partial charge in [-0.3, -0.25) is 0 Å². The number of thiophene rings is 1. The van der Waals surface area contributed by atoms with Crippen molar-refractivity contribution in [2.75, 3.05) is 6.61 Å². The van der Waals surface area contributed by atoms with E-state index in [2.05, 4.69) is 23.2 Å². The molecule has 2 aromatic heterocycles. The summed E-state index contributed by atoms with van der Waals surface area (Å²) in [5.74, 6) is 1.29. The van der Waals surface area contributed by atoms with Crippen molar-refractivity contribution in [3.8, 4) is 5.75 Å². The van der Waals surface area contributed by atoms with Crippen LogP contribution in [0.5, 0.6) is 5.75 Å². The smallest absolute Gasteiger partial charge is 0.341 e. The summed E-state index contributed by atoms with van der Waals surface area (Å²) in [5.41, 5.74) is 2.60. The lowest BCUT2D eigenvalue weighted by atomic mass is 10.2. The second-order valence-corrected chi connectivity index (χ2v) is 8.97. The van der Waals surface area contributed by atoms with Crippen LogP contribution in [-0.4, -0.2) is 17.6 Å². The van der Waals surface area contributed by atoms with Gasteiger partial charge < -0.3 is 9.47 Å². The van der Waals surface area contributed by atoms with Crippen molar-refractivity contribution in [1.82, 2.24) is 4.98 Å². The molecule has 4 aromatic rings. The molecule has 0 atom stereocenters. The van der Waals surface area contributed by atoms with Gasteiger partial charge >= 0.3 is 5.97 Å². The Morgan fingerprint density at radius 1 is 1.16 bits per heavy atom. The lowest BCUT2D eigenvalue weighted by Gasteiger charge is -2.09. The van der Waals surface area contributed by atoms with E-state index in [-0.39, 0.29) is 7.43 Å². The second-order valence-electron chi connectivity index (χ2n) is 6.69. The number of esters is 1. The Hall–Kier alpha value is -2.54. The zero-order valence-electron chi connectivity index (χ0n) is 16.8. The average molecular weight is 486 g/mol. The molecule has 0 saturated carbocycles. The number of benzene rings is 2. The number of pyridine rings is 1. The van der Waals surface area contributed by atoms with Crippen LogP contribution in [0.4, 0.5) is 0 Å². The van der Waals surface area contributed by atoms with Gasteiger partial charge in [0.05, 0.1) is 16.9 Å². The molecule has 0 saturated heterocycles. The van der Waals surface area contributed by atoms with Crippen molar-refractivity contribution in [2.24, 2.45) is 0 Å². The maximum absolute atomic E-state index is 12.2. The molecule has 7 heteroatoms. The number of hydrogen-bond donors (Lipinski definition) is 0. The minimum atomic E-state index is -0.394. The monoisotopic (exact) mass is 485 g/mol. The number of rotatable bonds is 8. The highest BCUT2D eigenvalue weighted by Crippen LogP contribution is 2.35. The highest BCUT2D eigenvalue weighted by molar-refractivity contribution is 7.98. The van der Waals surface area contributed by atoms with Crippen LogP contribution in [0.3, 0.4) is 0 Å². The van der Waals surface area contributed by atoms with E-state index in [0.717, 1.165) is 32.0 Å². The van der Waals surface area contributed by atoms with Gasteiger partial charge in [0.2, 0.25) is 0 Å². The molecule has 32 heavy (non-hydrogen) atoms. The Morgan fingerprint density at radius 3 is 2.75 bits per heavy atom. The largest absolute Gasteiger partial charge is 0.489 e. The van der Waals surface area contributed by atoms with Crippen LogP contribution in [0.25, 0.3) is 10.1 Å². The number of aromatic nitrogens is 1. The summed E-state index contributed by atoms with van der Waals surface area (Å²) in [6.07, 6.45) is 1.47. The molecule has 0 amide bonds. The summed E-state index contributed by atoms with van der Waals surface area (Å²) < 4.78 is 11.9. The molecule has 2 aromatic carbocycles. The van der Waals surface area contributed by atoms with Gasteiger partial charge in [-0.25, -0.2) is 9.78 Å². The normalized spacial score (nSPS) is 10.6. The molecular formula is C25H24ClNO3S2. The summed E-state index contributed by atoms with van der Waals surface area (Å²) in [4.78, 5) is 17.5. The Labute approximate surface area is 201 Å². The van der Waals surface area contributed by atoms with Crippen LogP contribution < -0.4 is 4.74 Å². The third-order valence-electron chi connectivity index (χ3n) is 4.57. The summed E-state index contributed by atoms with van der Waals surface area (Å²) in [7, 11) is 0. The number of carbonyl (C=O) groups is 1. The van der Waals surface area contributed by atoms with Gasteiger partial charge in [-0.2, -0.15) is 0 Å². The summed E-state index contributed by atoms with van der Waals surface area (Å²) >= 11 is 9.56. The van der Waals surface area contributed by atoms with E-state index >= 15 is 0 Å². The molecule has 0 bridgehead atoms. The van der Waals surface area contributed by atoms with Gasteiger partial charge in [0, 0.05) is 27.8 Å². The molecule has 0 aliphatic rings. The Kier molecular flexibility index (Phi) is 8.56. The van der Waals surface area contributed by atoms with Crippen LogP contribution in [0.2, 0.25) is 5.15 Å². The zero-order chi connectivity index (χ0) is 21.6. The van der Waals surface area contributed by atoms with Gasteiger partial charge in [-0.1, -0.05) is 55.4 Å². The molecule has 4 rings (SSSR count).